The minimum Gasteiger partial charge on any atom is -0.481 e. The number of allylic oxidation sites excluding steroid dienone is 5. The van der Waals surface area contributed by atoms with E-state index < -0.39 is 12.1 Å². The number of hydrogen-bond donors (Lipinski definition) is 3. The van der Waals surface area contributed by atoms with Crippen LogP contribution in [0.1, 0.15) is 99.3 Å². The molecule has 0 bridgehead atoms. The average molecular weight is 529 g/mol. The van der Waals surface area contributed by atoms with Gasteiger partial charge in [0.1, 0.15) is 6.10 Å². The lowest BCUT2D eigenvalue weighted by Gasteiger charge is -2.27. The maximum absolute atomic E-state index is 12.5. The summed E-state index contributed by atoms with van der Waals surface area (Å²) in [5, 5.41) is 14.7. The second-order valence-corrected chi connectivity index (χ2v) is 11.3. The molecule has 0 aromatic carbocycles. The zero-order valence-corrected chi connectivity index (χ0v) is 24.9. The van der Waals surface area contributed by atoms with Gasteiger partial charge in [-0.25, -0.2) is 4.79 Å². The molecule has 38 heavy (non-hydrogen) atoms. The number of rotatable bonds is 9. The fraction of sp³-hybridized carbons (Fsp3) is 0.625. The number of aliphatic carboxylic acids is 1. The molecular weight excluding hydrogens is 476 g/mol. The first kappa shape index (κ1) is 33.3. The van der Waals surface area contributed by atoms with Crippen molar-refractivity contribution in [3.8, 4) is 0 Å². The standard InChI is InChI=1S/C24H38N2O2.C8H14O2/c1-16(2)18(5)14-15-19(6)23(25-8)22(17(3)4)26-24(27)28-20(7)21-12-10-9-11-13-21;1-6-3-2-4-7(5-6)8(9)10/h14-15,20-21,25H,3,6,9-13H2,1-2,4-5,7-8H3,(H,26,27);6-7H,2-5H2,1H3,(H,9,10)/b15-14-,23-22+;/t;6-,7?/m.0/s1. The van der Waals surface area contributed by atoms with Crippen molar-refractivity contribution in [2.24, 2.45) is 17.8 Å². The van der Waals surface area contributed by atoms with Crippen LogP contribution in [-0.2, 0) is 9.53 Å². The van der Waals surface area contributed by atoms with Crippen LogP contribution in [0.2, 0.25) is 0 Å². The Morgan fingerprint density at radius 2 is 1.58 bits per heavy atom. The van der Waals surface area contributed by atoms with Crippen LogP contribution in [0.25, 0.3) is 0 Å². The Morgan fingerprint density at radius 1 is 0.947 bits per heavy atom. The number of likely N-dealkylation sites (N-methyl/N-ethyl adjacent to an activating group) is 1. The lowest BCUT2D eigenvalue weighted by atomic mass is 9.83. The highest BCUT2D eigenvalue weighted by molar-refractivity contribution is 5.72. The van der Waals surface area contributed by atoms with Crippen molar-refractivity contribution in [1.29, 1.82) is 0 Å². The molecule has 1 amide bonds. The van der Waals surface area contributed by atoms with E-state index in [2.05, 4.69) is 51.5 Å². The summed E-state index contributed by atoms with van der Waals surface area (Å²) in [6, 6.07) is 0. The fourth-order valence-electron chi connectivity index (χ4n) is 4.96. The molecule has 0 spiro atoms. The third-order valence-corrected chi connectivity index (χ3v) is 7.69. The Morgan fingerprint density at radius 3 is 2.05 bits per heavy atom. The number of nitrogens with one attached hydrogen (secondary N) is 2. The SMILES string of the molecule is C=C(C)/C(NC(=O)OC(C)C1CCCCC1)=C(\NC)C(=C)/C=C\C(C)=C(C)C.C[C@H]1CCCC(C(=O)O)C1. The highest BCUT2D eigenvalue weighted by atomic mass is 16.6. The van der Waals surface area contributed by atoms with Crippen LogP contribution in [-0.4, -0.2) is 30.3 Å². The van der Waals surface area contributed by atoms with Crippen molar-refractivity contribution in [3.05, 3.63) is 59.0 Å². The molecule has 2 unspecified atom stereocenters. The molecular formula is C32H52N2O4. The van der Waals surface area contributed by atoms with E-state index >= 15 is 0 Å². The maximum Gasteiger partial charge on any atom is 0.411 e. The summed E-state index contributed by atoms with van der Waals surface area (Å²) < 4.78 is 5.67. The molecule has 2 aliphatic carbocycles. The number of amides is 1. The van der Waals surface area contributed by atoms with Gasteiger partial charge >= 0.3 is 12.1 Å². The number of carbonyl (C=O) groups excluding carboxylic acids is 1. The summed E-state index contributed by atoms with van der Waals surface area (Å²) >= 11 is 0. The van der Waals surface area contributed by atoms with E-state index in [1.807, 2.05) is 33.0 Å². The molecule has 3 atom stereocenters. The van der Waals surface area contributed by atoms with E-state index in [-0.39, 0.29) is 12.0 Å². The van der Waals surface area contributed by atoms with E-state index in [0.717, 1.165) is 48.9 Å². The van der Waals surface area contributed by atoms with Crippen LogP contribution in [0.15, 0.2) is 59.0 Å². The maximum atomic E-state index is 12.5. The number of hydrogen-bond acceptors (Lipinski definition) is 4. The summed E-state index contributed by atoms with van der Waals surface area (Å²) in [6.45, 7) is 20.3. The fourth-order valence-corrected chi connectivity index (χ4v) is 4.96. The van der Waals surface area contributed by atoms with E-state index in [1.54, 1.807) is 0 Å². The molecule has 0 saturated heterocycles. The van der Waals surface area contributed by atoms with Gasteiger partial charge in [0.15, 0.2) is 0 Å². The Hall–Kier alpha value is -2.76. The van der Waals surface area contributed by atoms with Crippen molar-refractivity contribution < 1.29 is 19.4 Å². The summed E-state index contributed by atoms with van der Waals surface area (Å²) in [5.74, 6) is 0.413. The van der Waals surface area contributed by atoms with Crippen molar-refractivity contribution >= 4 is 12.1 Å². The van der Waals surface area contributed by atoms with Gasteiger partial charge in [-0.3, -0.25) is 10.1 Å². The zero-order valence-electron chi connectivity index (χ0n) is 24.9. The molecule has 0 aromatic rings. The Bertz CT molecular complexity index is 918. The third kappa shape index (κ3) is 11.7. The predicted molar refractivity (Wildman–Crippen MR) is 158 cm³/mol. The van der Waals surface area contributed by atoms with Crippen molar-refractivity contribution in [2.75, 3.05) is 7.05 Å². The van der Waals surface area contributed by atoms with Gasteiger partial charge in [0.25, 0.3) is 0 Å². The molecule has 2 aliphatic rings. The number of carbonyl (C=O) groups is 2. The first-order valence-corrected chi connectivity index (χ1v) is 14.2. The monoisotopic (exact) mass is 528 g/mol. The topological polar surface area (TPSA) is 87.7 Å². The highest BCUT2D eigenvalue weighted by Crippen LogP contribution is 2.29. The quantitative estimate of drug-likeness (QED) is 0.263. The number of alkyl carbamates (subject to hydrolysis) is 1. The van der Waals surface area contributed by atoms with Crippen molar-refractivity contribution in [2.45, 2.75) is 105 Å². The normalized spacial score (nSPS) is 21.2. The molecule has 0 radical (unpaired) electrons. The van der Waals surface area contributed by atoms with Gasteiger partial charge in [-0.2, -0.15) is 0 Å². The molecule has 0 aliphatic heterocycles. The van der Waals surface area contributed by atoms with Crippen molar-refractivity contribution in [1.82, 2.24) is 10.6 Å². The minimum atomic E-state index is -0.605. The molecule has 6 heteroatoms. The Kier molecular flexibility index (Phi) is 14.8. The molecule has 2 saturated carbocycles. The number of carboxylic acids is 1. The van der Waals surface area contributed by atoms with Gasteiger partial charge in [-0.05, 0) is 83.3 Å². The largest absolute Gasteiger partial charge is 0.481 e. The van der Waals surface area contributed by atoms with Crippen LogP contribution in [0.5, 0.6) is 0 Å². The van der Waals surface area contributed by atoms with Gasteiger partial charge in [-0.15, -0.1) is 0 Å². The number of ether oxygens (including phenoxy) is 1. The average Bonchev–Trinajstić information content (AvgIpc) is 2.87. The second-order valence-electron chi connectivity index (χ2n) is 11.3. The zero-order chi connectivity index (χ0) is 28.8. The van der Waals surface area contributed by atoms with Gasteiger partial charge in [0.05, 0.1) is 17.3 Å². The Balaban J connectivity index is 0.000000600. The van der Waals surface area contributed by atoms with E-state index in [0.29, 0.717) is 17.5 Å². The molecule has 3 N–H and O–H groups in total. The van der Waals surface area contributed by atoms with Crippen LogP contribution >= 0.6 is 0 Å². The first-order chi connectivity index (χ1) is 17.9. The molecule has 2 fully saturated rings. The lowest BCUT2D eigenvalue weighted by Crippen LogP contribution is -2.33. The number of carboxylic acid groups (broad SMARTS) is 1. The lowest BCUT2D eigenvalue weighted by molar-refractivity contribution is -0.143. The first-order valence-electron chi connectivity index (χ1n) is 14.2. The summed E-state index contributed by atoms with van der Waals surface area (Å²) in [5.41, 5.74) is 5.27. The van der Waals surface area contributed by atoms with E-state index in [9.17, 15) is 9.59 Å². The smallest absolute Gasteiger partial charge is 0.411 e. The van der Waals surface area contributed by atoms with Crippen LogP contribution in [0.3, 0.4) is 0 Å². The minimum absolute atomic E-state index is 0.0521. The molecule has 0 heterocycles. The molecule has 214 valence electrons. The molecule has 0 aromatic heterocycles. The van der Waals surface area contributed by atoms with E-state index in [4.69, 9.17) is 9.84 Å². The van der Waals surface area contributed by atoms with Gasteiger partial charge < -0.3 is 15.2 Å². The third-order valence-electron chi connectivity index (χ3n) is 7.69. The molecule has 6 nitrogen and oxygen atoms in total. The van der Waals surface area contributed by atoms with Crippen LogP contribution in [0.4, 0.5) is 4.79 Å². The molecule has 2 rings (SSSR count). The summed E-state index contributed by atoms with van der Waals surface area (Å²) in [4.78, 5) is 23.0. The second kappa shape index (κ2) is 17.0. The van der Waals surface area contributed by atoms with Crippen molar-refractivity contribution in [3.63, 3.8) is 0 Å². The summed E-state index contributed by atoms with van der Waals surface area (Å²) in [7, 11) is 1.81. The summed E-state index contributed by atoms with van der Waals surface area (Å²) in [6.07, 6.45) is 13.5. The Labute approximate surface area is 231 Å². The van der Waals surface area contributed by atoms with Gasteiger partial charge in [0, 0.05) is 7.05 Å². The van der Waals surface area contributed by atoms with Gasteiger partial charge in [-0.1, -0.05) is 75.5 Å². The van der Waals surface area contributed by atoms with Gasteiger partial charge in [0.2, 0.25) is 0 Å². The predicted octanol–water partition coefficient (Wildman–Crippen LogP) is 8.05. The van der Waals surface area contributed by atoms with Crippen LogP contribution in [0, 0.1) is 17.8 Å². The highest BCUT2D eigenvalue weighted by Gasteiger charge is 2.25. The van der Waals surface area contributed by atoms with E-state index in [1.165, 1.54) is 36.8 Å². The van der Waals surface area contributed by atoms with Crippen LogP contribution < -0.4 is 10.6 Å².